The minimum absolute atomic E-state index is 0.269. The summed E-state index contributed by atoms with van der Waals surface area (Å²) >= 11 is 1.56. The van der Waals surface area contributed by atoms with Crippen LogP contribution in [0.3, 0.4) is 0 Å². The van der Waals surface area contributed by atoms with Gasteiger partial charge in [-0.15, -0.1) is 11.3 Å². The quantitative estimate of drug-likeness (QED) is 0.445. The van der Waals surface area contributed by atoms with E-state index in [0.29, 0.717) is 0 Å². The van der Waals surface area contributed by atoms with Crippen LogP contribution in [0.2, 0.25) is 0 Å². The molecule has 2 N–H and O–H groups in total. The highest BCUT2D eigenvalue weighted by atomic mass is 32.1. The molecule has 0 aliphatic rings. The fourth-order valence-corrected chi connectivity index (χ4v) is 4.00. The number of nitrogens with one attached hydrogen (secondary N) is 2. The SMILES string of the molecule is CCc1cc(C(Nc2ccccn2)c2ccccn2)c(NC(=O)c2ccco2)s1. The van der Waals surface area contributed by atoms with Crippen molar-refractivity contribution in [2.45, 2.75) is 19.4 Å². The van der Waals surface area contributed by atoms with Gasteiger partial charge in [0.15, 0.2) is 5.76 Å². The van der Waals surface area contributed by atoms with Crippen LogP contribution in [-0.4, -0.2) is 15.9 Å². The Kier molecular flexibility index (Phi) is 5.67. The third-order valence-electron chi connectivity index (χ3n) is 4.38. The number of amides is 1. The number of aromatic nitrogens is 2. The molecule has 29 heavy (non-hydrogen) atoms. The number of hydrogen-bond acceptors (Lipinski definition) is 6. The van der Waals surface area contributed by atoms with Gasteiger partial charge in [0.25, 0.3) is 5.91 Å². The van der Waals surface area contributed by atoms with E-state index in [0.717, 1.165) is 28.5 Å². The lowest BCUT2D eigenvalue weighted by Gasteiger charge is -2.20. The van der Waals surface area contributed by atoms with Gasteiger partial charge in [0, 0.05) is 22.8 Å². The molecule has 4 aromatic heterocycles. The maximum atomic E-state index is 12.6. The zero-order valence-electron chi connectivity index (χ0n) is 15.8. The highest BCUT2D eigenvalue weighted by molar-refractivity contribution is 7.16. The number of carbonyl (C=O) groups is 1. The van der Waals surface area contributed by atoms with Gasteiger partial charge in [0.2, 0.25) is 0 Å². The van der Waals surface area contributed by atoms with Gasteiger partial charge in [0.1, 0.15) is 10.8 Å². The number of aryl methyl sites for hydroxylation is 1. The topological polar surface area (TPSA) is 80.0 Å². The van der Waals surface area contributed by atoms with E-state index in [4.69, 9.17) is 4.42 Å². The fourth-order valence-electron chi connectivity index (χ4n) is 2.97. The van der Waals surface area contributed by atoms with Crippen LogP contribution in [0.25, 0.3) is 0 Å². The molecule has 0 aliphatic heterocycles. The van der Waals surface area contributed by atoms with Crippen LogP contribution in [0, 0.1) is 0 Å². The summed E-state index contributed by atoms with van der Waals surface area (Å²) in [5.74, 6) is 0.726. The van der Waals surface area contributed by atoms with Crippen LogP contribution in [0.4, 0.5) is 10.8 Å². The van der Waals surface area contributed by atoms with Crippen molar-refractivity contribution in [3.63, 3.8) is 0 Å². The normalized spacial score (nSPS) is 11.8. The molecule has 0 saturated carbocycles. The molecule has 0 spiro atoms. The van der Waals surface area contributed by atoms with Crippen molar-refractivity contribution in [1.29, 1.82) is 0 Å². The number of anilines is 2. The van der Waals surface area contributed by atoms with Gasteiger partial charge in [-0.1, -0.05) is 19.1 Å². The second-order valence-electron chi connectivity index (χ2n) is 6.33. The lowest BCUT2D eigenvalue weighted by molar-refractivity contribution is 0.0997. The van der Waals surface area contributed by atoms with Crippen molar-refractivity contribution in [3.8, 4) is 0 Å². The average molecular weight is 404 g/mol. The van der Waals surface area contributed by atoms with Crippen molar-refractivity contribution in [1.82, 2.24) is 9.97 Å². The van der Waals surface area contributed by atoms with E-state index in [1.807, 2.05) is 36.4 Å². The number of hydrogen-bond donors (Lipinski definition) is 2. The van der Waals surface area contributed by atoms with Gasteiger partial charge < -0.3 is 15.1 Å². The second-order valence-corrected chi connectivity index (χ2v) is 7.47. The maximum absolute atomic E-state index is 12.6. The molecule has 4 rings (SSSR count). The summed E-state index contributed by atoms with van der Waals surface area (Å²) in [7, 11) is 0. The van der Waals surface area contributed by atoms with Crippen molar-refractivity contribution >= 4 is 28.1 Å². The molecule has 0 aliphatic carbocycles. The molecule has 1 unspecified atom stereocenters. The van der Waals surface area contributed by atoms with Gasteiger partial charge in [-0.05, 0) is 48.9 Å². The van der Waals surface area contributed by atoms with Crippen LogP contribution >= 0.6 is 11.3 Å². The first-order valence-electron chi connectivity index (χ1n) is 9.30. The Balaban J connectivity index is 1.73. The minimum Gasteiger partial charge on any atom is -0.459 e. The lowest BCUT2D eigenvalue weighted by Crippen LogP contribution is -2.17. The molecule has 0 aromatic carbocycles. The van der Waals surface area contributed by atoms with E-state index < -0.39 is 0 Å². The van der Waals surface area contributed by atoms with Crippen molar-refractivity contribution in [2.24, 2.45) is 0 Å². The molecule has 1 atom stereocenters. The molecular formula is C22H20N4O2S. The summed E-state index contributed by atoms with van der Waals surface area (Å²) in [6, 6.07) is 16.7. The highest BCUT2D eigenvalue weighted by Crippen LogP contribution is 2.37. The Morgan fingerprint density at radius 2 is 1.93 bits per heavy atom. The molecule has 0 saturated heterocycles. The molecule has 0 bridgehead atoms. The van der Waals surface area contributed by atoms with E-state index in [1.54, 1.807) is 35.9 Å². The Morgan fingerprint density at radius 1 is 1.10 bits per heavy atom. The Bertz CT molecular complexity index is 1060. The summed E-state index contributed by atoms with van der Waals surface area (Å²) in [4.78, 5) is 22.7. The largest absolute Gasteiger partial charge is 0.459 e. The highest BCUT2D eigenvalue weighted by Gasteiger charge is 2.24. The number of furan rings is 1. The smallest absolute Gasteiger partial charge is 0.291 e. The van der Waals surface area contributed by atoms with E-state index in [9.17, 15) is 4.79 Å². The molecule has 0 fully saturated rings. The Hall–Kier alpha value is -3.45. The van der Waals surface area contributed by atoms with Crippen LogP contribution < -0.4 is 10.6 Å². The van der Waals surface area contributed by atoms with Crippen LogP contribution in [0.15, 0.2) is 77.7 Å². The van der Waals surface area contributed by atoms with E-state index in [2.05, 4.69) is 33.6 Å². The average Bonchev–Trinajstić information content (AvgIpc) is 3.44. The van der Waals surface area contributed by atoms with Gasteiger partial charge in [0.05, 0.1) is 18.0 Å². The summed E-state index contributed by atoms with van der Waals surface area (Å²) in [6.07, 6.45) is 5.85. The zero-order valence-corrected chi connectivity index (χ0v) is 16.6. The molecule has 4 aromatic rings. The van der Waals surface area contributed by atoms with Crippen molar-refractivity contribution in [2.75, 3.05) is 10.6 Å². The third-order valence-corrected chi connectivity index (χ3v) is 5.59. The van der Waals surface area contributed by atoms with Crippen LogP contribution in [-0.2, 0) is 6.42 Å². The van der Waals surface area contributed by atoms with Crippen LogP contribution in [0.5, 0.6) is 0 Å². The summed E-state index contributed by atoms with van der Waals surface area (Å²) in [5, 5.41) is 7.22. The summed E-state index contributed by atoms with van der Waals surface area (Å²) in [5.41, 5.74) is 1.78. The van der Waals surface area contributed by atoms with Gasteiger partial charge in [-0.25, -0.2) is 4.98 Å². The molecule has 7 heteroatoms. The molecule has 4 heterocycles. The van der Waals surface area contributed by atoms with Crippen LogP contribution in [0.1, 0.15) is 39.7 Å². The number of carbonyl (C=O) groups excluding carboxylic acids is 1. The third kappa shape index (κ3) is 4.35. The predicted octanol–water partition coefficient (Wildman–Crippen LogP) is 5.15. The molecule has 1 amide bonds. The Labute approximate surface area is 172 Å². The Morgan fingerprint density at radius 3 is 2.59 bits per heavy atom. The second kappa shape index (κ2) is 8.70. The summed E-state index contributed by atoms with van der Waals surface area (Å²) in [6.45, 7) is 2.09. The first-order chi connectivity index (χ1) is 14.2. The number of thiophene rings is 1. The molecule has 146 valence electrons. The molecular weight excluding hydrogens is 384 g/mol. The zero-order chi connectivity index (χ0) is 20.1. The first-order valence-corrected chi connectivity index (χ1v) is 10.1. The minimum atomic E-state index is -0.279. The fraction of sp³-hybridized carbons (Fsp3) is 0.136. The van der Waals surface area contributed by atoms with Gasteiger partial charge >= 0.3 is 0 Å². The standard InChI is InChI=1S/C22H20N4O2S/c1-2-15-14-16(22(29-15)26-21(27)18-9-7-13-28-18)20(17-8-3-5-11-23-17)25-19-10-4-6-12-24-19/h3-14,20H,2H2,1H3,(H,24,25)(H,26,27). The van der Waals surface area contributed by atoms with Crippen molar-refractivity contribution in [3.05, 3.63) is 95.1 Å². The number of pyridine rings is 2. The van der Waals surface area contributed by atoms with Gasteiger partial charge in [-0.2, -0.15) is 0 Å². The van der Waals surface area contributed by atoms with E-state index in [1.165, 1.54) is 11.1 Å². The lowest BCUT2D eigenvalue weighted by atomic mass is 10.0. The first kappa shape index (κ1) is 18.9. The summed E-state index contributed by atoms with van der Waals surface area (Å²) < 4.78 is 5.24. The predicted molar refractivity (Wildman–Crippen MR) is 114 cm³/mol. The van der Waals surface area contributed by atoms with E-state index in [-0.39, 0.29) is 17.7 Å². The van der Waals surface area contributed by atoms with E-state index >= 15 is 0 Å². The van der Waals surface area contributed by atoms with Crippen molar-refractivity contribution < 1.29 is 9.21 Å². The molecule has 6 nitrogen and oxygen atoms in total. The van der Waals surface area contributed by atoms with Gasteiger partial charge in [-0.3, -0.25) is 9.78 Å². The number of nitrogens with zero attached hydrogens (tertiary/aromatic N) is 2. The monoisotopic (exact) mass is 404 g/mol. The number of rotatable bonds is 7. The maximum Gasteiger partial charge on any atom is 0.291 e. The molecule has 0 radical (unpaired) electrons.